The summed E-state index contributed by atoms with van der Waals surface area (Å²) in [4.78, 5) is 4.03. The van der Waals surface area contributed by atoms with Gasteiger partial charge in [-0.15, -0.1) is 0 Å². The van der Waals surface area contributed by atoms with Crippen molar-refractivity contribution in [2.45, 2.75) is 17.9 Å². The van der Waals surface area contributed by atoms with Crippen LogP contribution >= 0.6 is 15.9 Å². The number of benzene rings is 1. The lowest BCUT2D eigenvalue weighted by molar-refractivity contribution is 0.567. The molecular weight excluding hydrogens is 342 g/mol. The van der Waals surface area contributed by atoms with Crippen molar-refractivity contribution in [3.8, 4) is 0 Å². The smallest absolute Gasteiger partial charge is 0.243 e. The molecule has 1 atom stereocenters. The summed E-state index contributed by atoms with van der Waals surface area (Å²) in [5.74, 6) is 0. The van der Waals surface area contributed by atoms with Gasteiger partial charge in [0.2, 0.25) is 10.0 Å². The number of halogens is 1. The first kappa shape index (κ1) is 15.0. The normalized spacial score (nSPS) is 13.1. The van der Waals surface area contributed by atoms with Gasteiger partial charge in [0.1, 0.15) is 4.90 Å². The van der Waals surface area contributed by atoms with E-state index in [1.165, 1.54) is 6.07 Å². The number of nitrogens with zero attached hydrogens (tertiary/aromatic N) is 1. The molecule has 5 nitrogen and oxygen atoms in total. The van der Waals surface area contributed by atoms with Crippen molar-refractivity contribution >= 4 is 31.6 Å². The average Bonchev–Trinajstić information content (AvgIpc) is 2.42. The maximum Gasteiger partial charge on any atom is 0.243 e. The fraction of sp³-hybridized carbons (Fsp3) is 0.154. The van der Waals surface area contributed by atoms with Crippen molar-refractivity contribution in [3.63, 3.8) is 0 Å². The van der Waals surface area contributed by atoms with Crippen molar-refractivity contribution in [1.29, 1.82) is 0 Å². The lowest BCUT2D eigenvalue weighted by atomic mass is 10.2. The molecular formula is C13H14BrN3O2S. The number of nitrogens with two attached hydrogens (primary N) is 1. The van der Waals surface area contributed by atoms with E-state index in [1.54, 1.807) is 37.5 Å². The molecule has 2 rings (SSSR count). The zero-order valence-electron chi connectivity index (χ0n) is 10.7. The molecule has 0 aliphatic heterocycles. The first-order valence-electron chi connectivity index (χ1n) is 5.87. The van der Waals surface area contributed by atoms with Gasteiger partial charge in [-0.2, -0.15) is 0 Å². The van der Waals surface area contributed by atoms with Crippen molar-refractivity contribution in [1.82, 2.24) is 9.71 Å². The summed E-state index contributed by atoms with van der Waals surface area (Å²) in [5.41, 5.74) is 6.73. The van der Waals surface area contributed by atoms with Crippen molar-refractivity contribution in [2.75, 3.05) is 5.73 Å². The molecule has 0 aliphatic rings. The third-order valence-corrected chi connectivity index (χ3v) is 4.87. The van der Waals surface area contributed by atoms with Crippen LogP contribution in [-0.4, -0.2) is 13.4 Å². The highest BCUT2D eigenvalue weighted by molar-refractivity contribution is 9.10. The highest BCUT2D eigenvalue weighted by atomic mass is 79.9. The predicted octanol–water partition coefficient (Wildman–Crippen LogP) is 2.47. The van der Waals surface area contributed by atoms with Crippen LogP contribution < -0.4 is 10.5 Å². The zero-order chi connectivity index (χ0) is 14.8. The molecule has 0 bridgehead atoms. The first-order chi connectivity index (χ1) is 9.40. The number of rotatable bonds is 4. The molecule has 0 amide bonds. The molecule has 0 spiro atoms. The molecule has 1 aromatic carbocycles. The van der Waals surface area contributed by atoms with E-state index in [2.05, 4.69) is 25.6 Å². The van der Waals surface area contributed by atoms with Crippen molar-refractivity contribution in [3.05, 3.63) is 52.8 Å². The van der Waals surface area contributed by atoms with E-state index < -0.39 is 16.1 Å². The number of aromatic nitrogens is 1. The van der Waals surface area contributed by atoms with E-state index in [1.807, 2.05) is 6.07 Å². The van der Waals surface area contributed by atoms with E-state index in [4.69, 9.17) is 5.73 Å². The van der Waals surface area contributed by atoms with Gasteiger partial charge in [0.25, 0.3) is 0 Å². The van der Waals surface area contributed by atoms with Gasteiger partial charge in [0.05, 0.1) is 5.69 Å². The molecule has 0 radical (unpaired) electrons. The Morgan fingerprint density at radius 2 is 2.10 bits per heavy atom. The van der Waals surface area contributed by atoms with Crippen LogP contribution in [0.3, 0.4) is 0 Å². The number of hydrogen-bond donors (Lipinski definition) is 2. The Labute approximate surface area is 126 Å². The molecule has 2 aromatic rings. The van der Waals surface area contributed by atoms with E-state index in [-0.39, 0.29) is 10.6 Å². The Bertz CT molecular complexity index is 705. The minimum atomic E-state index is -3.69. The molecule has 20 heavy (non-hydrogen) atoms. The van der Waals surface area contributed by atoms with Crippen LogP contribution in [0.5, 0.6) is 0 Å². The van der Waals surface area contributed by atoms with Gasteiger partial charge >= 0.3 is 0 Å². The van der Waals surface area contributed by atoms with Crippen LogP contribution in [0.25, 0.3) is 0 Å². The SMILES string of the molecule is CC(NS(=O)(=O)c1cc(Br)ccc1N)c1cccnc1. The first-order valence-corrected chi connectivity index (χ1v) is 8.15. The largest absolute Gasteiger partial charge is 0.398 e. The average molecular weight is 356 g/mol. The van der Waals surface area contributed by atoms with Gasteiger partial charge in [0.15, 0.2) is 0 Å². The third kappa shape index (κ3) is 3.36. The second-order valence-electron chi connectivity index (χ2n) is 4.31. The monoisotopic (exact) mass is 355 g/mol. The fourth-order valence-corrected chi connectivity index (χ4v) is 3.64. The van der Waals surface area contributed by atoms with Crippen LogP contribution in [0, 0.1) is 0 Å². The van der Waals surface area contributed by atoms with E-state index in [0.717, 1.165) is 5.56 Å². The standard InChI is InChI=1S/C13H14BrN3O2S/c1-9(10-3-2-6-16-8-10)17-20(18,19)13-7-11(14)4-5-12(13)15/h2-9,17H,15H2,1H3. The van der Waals surface area contributed by atoms with E-state index in [9.17, 15) is 8.42 Å². The van der Waals surface area contributed by atoms with Crippen LogP contribution in [0.2, 0.25) is 0 Å². The van der Waals surface area contributed by atoms with Crippen LogP contribution in [0.4, 0.5) is 5.69 Å². The number of nitrogen functional groups attached to an aromatic ring is 1. The molecule has 0 saturated carbocycles. The Balaban J connectivity index is 2.30. The van der Waals surface area contributed by atoms with Gasteiger partial charge in [-0.05, 0) is 36.8 Å². The molecule has 0 aliphatic carbocycles. The second kappa shape index (κ2) is 5.90. The molecule has 0 fully saturated rings. The lowest BCUT2D eigenvalue weighted by Gasteiger charge is -2.15. The summed E-state index contributed by atoms with van der Waals surface area (Å²) < 4.78 is 28.0. The Hall–Kier alpha value is -1.44. The van der Waals surface area contributed by atoms with Gasteiger partial charge < -0.3 is 5.73 Å². The number of anilines is 1. The topological polar surface area (TPSA) is 85.1 Å². The van der Waals surface area contributed by atoms with Crippen molar-refractivity contribution < 1.29 is 8.42 Å². The summed E-state index contributed by atoms with van der Waals surface area (Å²) in [5, 5.41) is 0. The van der Waals surface area contributed by atoms with Crippen LogP contribution in [-0.2, 0) is 10.0 Å². The van der Waals surface area contributed by atoms with Gasteiger partial charge in [-0.25, -0.2) is 13.1 Å². The molecule has 7 heteroatoms. The Morgan fingerprint density at radius 3 is 2.75 bits per heavy atom. The highest BCUT2D eigenvalue weighted by Gasteiger charge is 2.21. The van der Waals surface area contributed by atoms with Gasteiger partial charge in [0, 0.05) is 22.9 Å². The Morgan fingerprint density at radius 1 is 1.35 bits per heavy atom. The Kier molecular flexibility index (Phi) is 4.42. The maximum absolute atomic E-state index is 12.4. The molecule has 0 saturated heterocycles. The zero-order valence-corrected chi connectivity index (χ0v) is 13.1. The number of nitrogens with one attached hydrogen (secondary N) is 1. The van der Waals surface area contributed by atoms with Gasteiger partial charge in [-0.1, -0.05) is 22.0 Å². The number of sulfonamides is 1. The number of hydrogen-bond acceptors (Lipinski definition) is 4. The molecule has 1 aromatic heterocycles. The summed E-state index contributed by atoms with van der Waals surface area (Å²) in [6.45, 7) is 1.75. The van der Waals surface area contributed by atoms with Crippen LogP contribution in [0.15, 0.2) is 52.1 Å². The van der Waals surface area contributed by atoms with Gasteiger partial charge in [-0.3, -0.25) is 4.98 Å². The minimum absolute atomic E-state index is 0.0580. The summed E-state index contributed by atoms with van der Waals surface area (Å²) >= 11 is 3.24. The highest BCUT2D eigenvalue weighted by Crippen LogP contribution is 2.24. The second-order valence-corrected chi connectivity index (χ2v) is 6.91. The summed E-state index contributed by atoms with van der Waals surface area (Å²) in [6, 6.07) is 7.89. The molecule has 3 N–H and O–H groups in total. The van der Waals surface area contributed by atoms with Crippen LogP contribution in [0.1, 0.15) is 18.5 Å². The molecule has 106 valence electrons. The van der Waals surface area contributed by atoms with E-state index in [0.29, 0.717) is 4.47 Å². The quantitative estimate of drug-likeness (QED) is 0.825. The summed E-state index contributed by atoms with van der Waals surface area (Å²) in [7, 11) is -3.69. The molecule has 1 unspecified atom stereocenters. The maximum atomic E-state index is 12.4. The fourth-order valence-electron chi connectivity index (χ4n) is 1.74. The summed E-state index contributed by atoms with van der Waals surface area (Å²) in [6.07, 6.45) is 3.26. The minimum Gasteiger partial charge on any atom is -0.398 e. The predicted molar refractivity (Wildman–Crippen MR) is 81.5 cm³/mol. The lowest BCUT2D eigenvalue weighted by Crippen LogP contribution is -2.27. The number of pyridine rings is 1. The van der Waals surface area contributed by atoms with Crippen molar-refractivity contribution in [2.24, 2.45) is 0 Å². The molecule has 1 heterocycles. The van der Waals surface area contributed by atoms with E-state index >= 15 is 0 Å². The third-order valence-electron chi connectivity index (χ3n) is 2.78.